The van der Waals surface area contributed by atoms with Gasteiger partial charge in [0, 0.05) is 19.3 Å². The van der Waals surface area contributed by atoms with Crippen molar-refractivity contribution in [3.8, 4) is 0 Å². The van der Waals surface area contributed by atoms with Crippen molar-refractivity contribution in [2.24, 2.45) is 17.7 Å². The molecule has 1 heterocycles. The smallest absolute Gasteiger partial charge is 0.0494 e. The van der Waals surface area contributed by atoms with Crippen LogP contribution in [-0.2, 0) is 4.74 Å². The Morgan fingerprint density at radius 2 is 1.84 bits per heavy atom. The number of rotatable bonds is 10. The van der Waals surface area contributed by atoms with Gasteiger partial charge in [0.25, 0.3) is 0 Å². The highest BCUT2D eigenvalue weighted by Gasteiger charge is 2.28. The van der Waals surface area contributed by atoms with Gasteiger partial charge in [-0.05, 0) is 24.7 Å². The zero-order valence-electron chi connectivity index (χ0n) is 13.0. The van der Waals surface area contributed by atoms with E-state index in [4.69, 9.17) is 10.6 Å². The molecule has 0 aromatic carbocycles. The lowest BCUT2D eigenvalue weighted by Gasteiger charge is -2.35. The molecule has 0 aromatic rings. The molecule has 19 heavy (non-hydrogen) atoms. The van der Waals surface area contributed by atoms with Gasteiger partial charge in [0.15, 0.2) is 0 Å². The molecule has 3 unspecified atom stereocenters. The van der Waals surface area contributed by atoms with E-state index >= 15 is 0 Å². The molecule has 3 N–H and O–H groups in total. The van der Waals surface area contributed by atoms with E-state index in [1.54, 1.807) is 0 Å². The van der Waals surface area contributed by atoms with E-state index in [2.05, 4.69) is 19.3 Å². The van der Waals surface area contributed by atoms with Crippen LogP contribution in [0.25, 0.3) is 0 Å². The Balaban J connectivity index is 2.10. The maximum absolute atomic E-state index is 5.76. The highest BCUT2D eigenvalue weighted by Crippen LogP contribution is 2.27. The normalized spacial score (nSPS) is 25.4. The van der Waals surface area contributed by atoms with E-state index in [1.807, 2.05) is 0 Å². The Hall–Kier alpha value is -0.120. The summed E-state index contributed by atoms with van der Waals surface area (Å²) in [4.78, 5) is 0. The maximum Gasteiger partial charge on any atom is 0.0494 e. The molecule has 1 fully saturated rings. The summed E-state index contributed by atoms with van der Waals surface area (Å²) in [5.41, 5.74) is 3.06. The molecule has 0 aliphatic carbocycles. The predicted octanol–water partition coefficient (Wildman–Crippen LogP) is 3.63. The van der Waals surface area contributed by atoms with Crippen LogP contribution in [0.15, 0.2) is 0 Å². The average Bonchev–Trinajstić information content (AvgIpc) is 2.43. The third kappa shape index (κ3) is 6.73. The van der Waals surface area contributed by atoms with E-state index in [0.29, 0.717) is 17.9 Å². The van der Waals surface area contributed by atoms with E-state index in [1.165, 1.54) is 51.4 Å². The molecule has 0 saturated carbocycles. The second kappa shape index (κ2) is 10.6. The van der Waals surface area contributed by atoms with Gasteiger partial charge in [-0.15, -0.1) is 0 Å². The van der Waals surface area contributed by atoms with Crippen LogP contribution in [0.5, 0.6) is 0 Å². The molecule has 1 aliphatic heterocycles. The number of hydrogen-bond acceptors (Lipinski definition) is 3. The summed E-state index contributed by atoms with van der Waals surface area (Å²) < 4.78 is 5.52. The van der Waals surface area contributed by atoms with Gasteiger partial charge in [0.2, 0.25) is 0 Å². The van der Waals surface area contributed by atoms with Crippen molar-refractivity contribution in [2.45, 2.75) is 77.7 Å². The van der Waals surface area contributed by atoms with E-state index in [9.17, 15) is 0 Å². The quantitative estimate of drug-likeness (QED) is 0.362. The Kier molecular flexibility index (Phi) is 9.48. The summed E-state index contributed by atoms with van der Waals surface area (Å²) in [7, 11) is 0. The largest absolute Gasteiger partial charge is 0.381 e. The first-order valence-corrected chi connectivity index (χ1v) is 8.33. The molecule has 0 aromatic heterocycles. The van der Waals surface area contributed by atoms with Gasteiger partial charge in [0.05, 0.1) is 0 Å². The van der Waals surface area contributed by atoms with Crippen LogP contribution in [0.4, 0.5) is 0 Å². The minimum absolute atomic E-state index is 0.481. The first kappa shape index (κ1) is 16.9. The minimum Gasteiger partial charge on any atom is -0.381 e. The van der Waals surface area contributed by atoms with Crippen molar-refractivity contribution in [1.82, 2.24) is 5.43 Å². The summed E-state index contributed by atoms with van der Waals surface area (Å²) in [5, 5.41) is 0. The van der Waals surface area contributed by atoms with Crippen LogP contribution in [0.1, 0.15) is 71.6 Å². The van der Waals surface area contributed by atoms with Gasteiger partial charge in [-0.1, -0.05) is 58.8 Å². The number of unbranched alkanes of at least 4 members (excludes halogenated alkanes) is 6. The molecule has 0 spiro atoms. The number of nitrogens with one attached hydrogen (secondary N) is 1. The fraction of sp³-hybridized carbons (Fsp3) is 1.00. The first-order chi connectivity index (χ1) is 9.29. The second-order valence-electron chi connectivity index (χ2n) is 6.19. The zero-order valence-corrected chi connectivity index (χ0v) is 13.0. The highest BCUT2D eigenvalue weighted by atomic mass is 16.5. The summed E-state index contributed by atoms with van der Waals surface area (Å²) in [6.45, 7) is 6.37. The Labute approximate surface area is 119 Å². The lowest BCUT2D eigenvalue weighted by molar-refractivity contribution is 0.00946. The van der Waals surface area contributed by atoms with E-state index in [-0.39, 0.29) is 0 Å². The highest BCUT2D eigenvalue weighted by molar-refractivity contribution is 4.81. The van der Waals surface area contributed by atoms with Crippen molar-refractivity contribution in [2.75, 3.05) is 13.2 Å². The molecule has 3 nitrogen and oxygen atoms in total. The number of hydrogen-bond donors (Lipinski definition) is 2. The molecule has 1 rings (SSSR count). The van der Waals surface area contributed by atoms with Crippen molar-refractivity contribution in [1.29, 1.82) is 0 Å². The van der Waals surface area contributed by atoms with Crippen LogP contribution in [0.2, 0.25) is 0 Å². The summed E-state index contributed by atoms with van der Waals surface area (Å²) >= 11 is 0. The van der Waals surface area contributed by atoms with Gasteiger partial charge >= 0.3 is 0 Å². The van der Waals surface area contributed by atoms with E-state index < -0.39 is 0 Å². The molecule has 3 atom stereocenters. The number of nitrogens with two attached hydrogens (primary N) is 1. The van der Waals surface area contributed by atoms with Gasteiger partial charge in [0.1, 0.15) is 0 Å². The van der Waals surface area contributed by atoms with E-state index in [0.717, 1.165) is 19.6 Å². The van der Waals surface area contributed by atoms with Crippen LogP contribution < -0.4 is 11.3 Å². The van der Waals surface area contributed by atoms with Crippen molar-refractivity contribution >= 4 is 0 Å². The van der Waals surface area contributed by atoms with Crippen molar-refractivity contribution in [3.05, 3.63) is 0 Å². The van der Waals surface area contributed by atoms with Crippen LogP contribution in [0, 0.1) is 11.8 Å². The number of hydrazine groups is 1. The Bertz CT molecular complexity index is 211. The van der Waals surface area contributed by atoms with Gasteiger partial charge in [-0.3, -0.25) is 11.3 Å². The second-order valence-corrected chi connectivity index (χ2v) is 6.19. The molecular formula is C16H34N2O. The average molecular weight is 270 g/mol. The lowest BCUT2D eigenvalue weighted by atomic mass is 9.82. The minimum atomic E-state index is 0.481. The molecule has 0 amide bonds. The topological polar surface area (TPSA) is 47.3 Å². The van der Waals surface area contributed by atoms with Crippen molar-refractivity contribution < 1.29 is 4.74 Å². The molecule has 0 bridgehead atoms. The lowest BCUT2D eigenvalue weighted by Crippen LogP contribution is -2.46. The number of ether oxygens (including phenoxy) is 1. The van der Waals surface area contributed by atoms with Crippen molar-refractivity contribution in [3.63, 3.8) is 0 Å². The standard InChI is InChI=1S/C16H34N2O/c1-3-4-5-6-7-8-9-10-16(18-17)15-11-12-19-13-14(15)2/h14-16,18H,3-13,17H2,1-2H3. The summed E-state index contributed by atoms with van der Waals surface area (Å²) in [6, 6.07) is 0.481. The SMILES string of the molecule is CCCCCCCCCC(NN)C1CCOCC1C. The first-order valence-electron chi connectivity index (χ1n) is 8.33. The summed E-state index contributed by atoms with van der Waals surface area (Å²) in [6.07, 6.45) is 12.0. The van der Waals surface area contributed by atoms with Crippen LogP contribution >= 0.6 is 0 Å². The summed E-state index contributed by atoms with van der Waals surface area (Å²) in [5.74, 6) is 7.09. The van der Waals surface area contributed by atoms with Crippen LogP contribution in [0.3, 0.4) is 0 Å². The molecule has 114 valence electrons. The predicted molar refractivity (Wildman–Crippen MR) is 81.8 cm³/mol. The monoisotopic (exact) mass is 270 g/mol. The van der Waals surface area contributed by atoms with Gasteiger partial charge in [-0.25, -0.2) is 0 Å². The molecule has 0 radical (unpaired) electrons. The fourth-order valence-corrected chi connectivity index (χ4v) is 3.24. The third-order valence-corrected chi connectivity index (χ3v) is 4.56. The van der Waals surface area contributed by atoms with Gasteiger partial charge in [-0.2, -0.15) is 0 Å². The third-order valence-electron chi connectivity index (χ3n) is 4.56. The fourth-order valence-electron chi connectivity index (χ4n) is 3.24. The molecule has 1 saturated heterocycles. The molecule has 1 aliphatic rings. The molecular weight excluding hydrogens is 236 g/mol. The maximum atomic E-state index is 5.76. The zero-order chi connectivity index (χ0) is 13.9. The van der Waals surface area contributed by atoms with Gasteiger partial charge < -0.3 is 4.74 Å². The van der Waals surface area contributed by atoms with Crippen LogP contribution in [-0.4, -0.2) is 19.3 Å². The Morgan fingerprint density at radius 1 is 1.16 bits per heavy atom. The molecule has 3 heteroatoms. The Morgan fingerprint density at radius 3 is 2.47 bits per heavy atom.